The van der Waals surface area contributed by atoms with Gasteiger partial charge < -0.3 is 25.5 Å². The van der Waals surface area contributed by atoms with Crippen molar-refractivity contribution < 1.29 is 9.84 Å². The number of thioether (sulfide) groups is 1. The number of hydrogen-bond donors (Lipinski definition) is 4. The van der Waals surface area contributed by atoms with Gasteiger partial charge in [-0.05, 0) is 25.2 Å². The summed E-state index contributed by atoms with van der Waals surface area (Å²) in [6, 6.07) is 3.89. The molecule has 0 amide bonds. The molecule has 4 N–H and O–H groups in total. The molecule has 9 heteroatoms. The summed E-state index contributed by atoms with van der Waals surface area (Å²) in [7, 11) is 0. The van der Waals surface area contributed by atoms with Crippen LogP contribution in [-0.2, 0) is 4.74 Å². The maximum absolute atomic E-state index is 11.2. The van der Waals surface area contributed by atoms with Crippen LogP contribution in [0.25, 0.3) is 0 Å². The normalized spacial score (nSPS) is 25.0. The van der Waals surface area contributed by atoms with E-state index in [1.165, 1.54) is 6.21 Å². The van der Waals surface area contributed by atoms with Crippen LogP contribution in [0.15, 0.2) is 18.3 Å². The predicted molar refractivity (Wildman–Crippen MR) is 129 cm³/mol. The van der Waals surface area contributed by atoms with Crippen LogP contribution in [0.3, 0.4) is 0 Å². The van der Waals surface area contributed by atoms with Gasteiger partial charge in [0, 0.05) is 35.6 Å². The van der Waals surface area contributed by atoms with E-state index >= 15 is 0 Å². The summed E-state index contributed by atoms with van der Waals surface area (Å²) in [6.07, 6.45) is 4.15. The second-order valence-electron chi connectivity index (χ2n) is 8.96. The van der Waals surface area contributed by atoms with Crippen molar-refractivity contribution >= 4 is 35.4 Å². The maximum Gasteiger partial charge on any atom is 0.144 e. The minimum absolute atomic E-state index is 0.0218. The molecule has 0 saturated carbocycles. The Morgan fingerprint density at radius 2 is 2.31 bits per heavy atom. The fourth-order valence-corrected chi connectivity index (χ4v) is 5.52. The van der Waals surface area contributed by atoms with E-state index in [1.54, 1.807) is 12.3 Å². The molecule has 2 saturated heterocycles. The lowest BCUT2D eigenvalue weighted by atomic mass is 9.89. The first-order valence-corrected chi connectivity index (χ1v) is 11.8. The van der Waals surface area contributed by atoms with E-state index in [2.05, 4.69) is 53.0 Å². The number of morpholine rings is 1. The highest BCUT2D eigenvalue weighted by Crippen LogP contribution is 2.40. The van der Waals surface area contributed by atoms with Crippen LogP contribution in [0.1, 0.15) is 44.7 Å². The van der Waals surface area contributed by atoms with Crippen molar-refractivity contribution in [2.24, 2.45) is 0 Å². The Balaban J connectivity index is 1.76. The summed E-state index contributed by atoms with van der Waals surface area (Å²) in [5.41, 5.74) is 0.195. The van der Waals surface area contributed by atoms with E-state index in [1.807, 2.05) is 17.8 Å². The molecule has 2 aromatic rings. The number of aliphatic hydroxyl groups is 1. The van der Waals surface area contributed by atoms with Crippen molar-refractivity contribution in [3.63, 3.8) is 0 Å². The molecule has 4 rings (SSSR count). The zero-order valence-corrected chi connectivity index (χ0v) is 19.6. The topological polar surface area (TPSA) is 110 Å². The summed E-state index contributed by atoms with van der Waals surface area (Å²) >= 11 is 1.87. The number of pyridine rings is 1. The van der Waals surface area contributed by atoms with E-state index in [4.69, 9.17) is 15.1 Å². The lowest BCUT2D eigenvalue weighted by Crippen LogP contribution is -2.44. The van der Waals surface area contributed by atoms with Gasteiger partial charge in [-0.1, -0.05) is 25.7 Å². The van der Waals surface area contributed by atoms with Crippen molar-refractivity contribution in [2.75, 3.05) is 35.7 Å². The SMILES string of the molecule is C[C@@H]1COCCN1c1cc(C#CC2(O)CCSC(C)(C)C2)c(C=N)c(Nc2ccn[nH]2)n1. The Morgan fingerprint density at radius 1 is 1.47 bits per heavy atom. The molecule has 2 aliphatic heterocycles. The highest BCUT2D eigenvalue weighted by Gasteiger charge is 2.37. The number of rotatable bonds is 4. The van der Waals surface area contributed by atoms with Gasteiger partial charge in [0.05, 0.1) is 31.0 Å². The molecule has 32 heavy (non-hydrogen) atoms. The quantitative estimate of drug-likeness (QED) is 0.415. The number of nitrogens with zero attached hydrogens (tertiary/aromatic N) is 3. The highest BCUT2D eigenvalue weighted by molar-refractivity contribution is 8.00. The van der Waals surface area contributed by atoms with E-state index in [0.29, 0.717) is 48.8 Å². The van der Waals surface area contributed by atoms with Gasteiger partial charge in [-0.25, -0.2) is 4.98 Å². The summed E-state index contributed by atoms with van der Waals surface area (Å²) in [5.74, 6) is 9.18. The molecule has 170 valence electrons. The van der Waals surface area contributed by atoms with Crippen LogP contribution in [0.5, 0.6) is 0 Å². The van der Waals surface area contributed by atoms with E-state index in [0.717, 1.165) is 18.1 Å². The molecule has 8 nitrogen and oxygen atoms in total. The second kappa shape index (κ2) is 9.14. The van der Waals surface area contributed by atoms with Gasteiger partial charge >= 0.3 is 0 Å². The number of aromatic nitrogens is 3. The second-order valence-corrected chi connectivity index (χ2v) is 10.8. The van der Waals surface area contributed by atoms with Crippen molar-refractivity contribution in [1.29, 1.82) is 5.41 Å². The Hall–Kier alpha value is -2.54. The molecule has 2 atom stereocenters. The molecular weight excluding hydrogens is 424 g/mol. The van der Waals surface area contributed by atoms with Crippen LogP contribution in [0, 0.1) is 17.3 Å². The minimum Gasteiger partial charge on any atom is -0.378 e. The smallest absolute Gasteiger partial charge is 0.144 e. The maximum atomic E-state index is 11.2. The van der Waals surface area contributed by atoms with Crippen LogP contribution in [0.2, 0.25) is 0 Å². The van der Waals surface area contributed by atoms with Gasteiger partial charge in [0.1, 0.15) is 23.1 Å². The van der Waals surface area contributed by atoms with Crippen LogP contribution >= 0.6 is 11.8 Å². The molecule has 2 aromatic heterocycles. The Kier molecular flexibility index (Phi) is 6.47. The number of ether oxygens (including phenoxy) is 1. The highest BCUT2D eigenvalue weighted by atomic mass is 32.2. The monoisotopic (exact) mass is 454 g/mol. The summed E-state index contributed by atoms with van der Waals surface area (Å²) in [4.78, 5) is 7.01. The molecule has 2 fully saturated rings. The third-order valence-corrected chi connectivity index (χ3v) is 7.10. The Bertz CT molecular complexity index is 1030. The van der Waals surface area contributed by atoms with Gasteiger partial charge in [-0.2, -0.15) is 16.9 Å². The molecule has 0 aliphatic carbocycles. The number of nitrogens with one attached hydrogen (secondary N) is 3. The fourth-order valence-electron chi connectivity index (χ4n) is 4.18. The first-order valence-electron chi connectivity index (χ1n) is 10.8. The number of hydrogen-bond acceptors (Lipinski definition) is 8. The van der Waals surface area contributed by atoms with Gasteiger partial charge in [0.15, 0.2) is 0 Å². The number of H-pyrrole nitrogens is 1. The van der Waals surface area contributed by atoms with Gasteiger partial charge in [-0.15, -0.1) is 0 Å². The molecule has 0 radical (unpaired) electrons. The van der Waals surface area contributed by atoms with Crippen molar-refractivity contribution in [2.45, 2.75) is 50.0 Å². The Morgan fingerprint density at radius 3 is 3.00 bits per heavy atom. The fraction of sp³-hybridized carbons (Fsp3) is 0.522. The minimum atomic E-state index is -1.04. The molecule has 0 aromatic carbocycles. The molecule has 4 heterocycles. The summed E-state index contributed by atoms with van der Waals surface area (Å²) in [6.45, 7) is 8.37. The first-order chi connectivity index (χ1) is 15.3. The first kappa shape index (κ1) is 22.6. The van der Waals surface area contributed by atoms with Crippen LogP contribution in [-0.4, -0.2) is 68.4 Å². The lowest BCUT2D eigenvalue weighted by Gasteiger charge is -2.38. The van der Waals surface area contributed by atoms with Gasteiger partial charge in [0.2, 0.25) is 0 Å². The third kappa shape index (κ3) is 5.09. The molecule has 0 bridgehead atoms. The molecular formula is C23H30N6O2S. The van der Waals surface area contributed by atoms with Crippen LogP contribution < -0.4 is 10.2 Å². The molecule has 0 spiro atoms. The average molecular weight is 455 g/mol. The van der Waals surface area contributed by atoms with E-state index in [9.17, 15) is 5.11 Å². The van der Waals surface area contributed by atoms with Crippen molar-refractivity contribution in [1.82, 2.24) is 15.2 Å². The number of anilines is 3. The van der Waals surface area contributed by atoms with Crippen molar-refractivity contribution in [3.05, 3.63) is 29.5 Å². The summed E-state index contributed by atoms with van der Waals surface area (Å²) in [5, 5.41) is 29.3. The van der Waals surface area contributed by atoms with Crippen LogP contribution in [0.4, 0.5) is 17.5 Å². The Labute approximate surface area is 193 Å². The van der Waals surface area contributed by atoms with Gasteiger partial charge in [0.25, 0.3) is 0 Å². The number of aromatic amines is 1. The standard InChI is InChI=1S/C23H30N6O2S/c1-16-14-31-10-9-29(16)20-12-17(4-6-23(30)7-11-32-22(2,3)15-23)18(13-24)21(27-20)26-19-5-8-25-28-19/h5,8,12-13,16,24,30H,7,9-11,14-15H2,1-3H3,(H2,25,26,27,28)/t16-,23?/m1/s1. The predicted octanol–water partition coefficient (Wildman–Crippen LogP) is 3.16. The largest absolute Gasteiger partial charge is 0.378 e. The van der Waals surface area contributed by atoms with Gasteiger partial charge in [-0.3, -0.25) is 5.10 Å². The third-order valence-electron chi connectivity index (χ3n) is 5.76. The van der Waals surface area contributed by atoms with Crippen molar-refractivity contribution in [3.8, 4) is 11.8 Å². The van der Waals surface area contributed by atoms with E-state index < -0.39 is 5.60 Å². The molecule has 2 aliphatic rings. The molecule has 1 unspecified atom stereocenters. The zero-order valence-electron chi connectivity index (χ0n) is 18.7. The summed E-state index contributed by atoms with van der Waals surface area (Å²) < 4.78 is 5.56. The zero-order chi connectivity index (χ0) is 22.8. The average Bonchev–Trinajstić information content (AvgIpc) is 3.24. The van der Waals surface area contributed by atoms with E-state index in [-0.39, 0.29) is 10.8 Å². The lowest BCUT2D eigenvalue weighted by molar-refractivity contribution is 0.0759.